The zero-order valence-electron chi connectivity index (χ0n) is 13.3. The van der Waals surface area contributed by atoms with E-state index in [9.17, 15) is 13.2 Å². The van der Waals surface area contributed by atoms with Gasteiger partial charge in [0.25, 0.3) is 0 Å². The smallest absolute Gasteiger partial charge is 0.335 e. The van der Waals surface area contributed by atoms with E-state index in [1.807, 2.05) is 19.1 Å². The molecule has 5 nitrogen and oxygen atoms in total. The van der Waals surface area contributed by atoms with Crippen molar-refractivity contribution in [3.05, 3.63) is 64.2 Å². The maximum Gasteiger partial charge on any atom is 0.335 e. The van der Waals surface area contributed by atoms with Crippen molar-refractivity contribution in [2.75, 3.05) is 0 Å². The Morgan fingerprint density at radius 3 is 2.04 bits per heavy atom. The van der Waals surface area contributed by atoms with Crippen LogP contribution in [0, 0.1) is 20.8 Å². The molecule has 0 atom stereocenters. The number of carbonyl (C=O) groups is 1. The number of aryl methyl sites for hydroxylation is 3. The van der Waals surface area contributed by atoms with Crippen LogP contribution in [0.2, 0.25) is 0 Å². The Balaban J connectivity index is 2.21. The summed E-state index contributed by atoms with van der Waals surface area (Å²) in [5.74, 6) is -1.01. The molecule has 0 aliphatic heterocycles. The Hall–Kier alpha value is -2.18. The number of aromatic carboxylic acids is 1. The summed E-state index contributed by atoms with van der Waals surface area (Å²) in [7, 11) is -3.63. The summed E-state index contributed by atoms with van der Waals surface area (Å²) in [6, 6.07) is 9.77. The minimum atomic E-state index is -3.63. The summed E-state index contributed by atoms with van der Waals surface area (Å²) in [5.41, 5.74) is 3.29. The number of sulfonamides is 1. The number of carboxylic acid groups (broad SMARTS) is 1. The lowest BCUT2D eigenvalue weighted by molar-refractivity contribution is 0.0697. The van der Waals surface area contributed by atoms with Crippen LogP contribution in [-0.4, -0.2) is 19.5 Å². The van der Waals surface area contributed by atoms with Crippen molar-refractivity contribution >= 4 is 16.0 Å². The fraction of sp³-hybridized carbons (Fsp3) is 0.235. The molecule has 0 radical (unpaired) electrons. The molecule has 0 bridgehead atoms. The van der Waals surface area contributed by atoms with Gasteiger partial charge in [0.05, 0.1) is 10.5 Å². The third-order valence-corrected chi connectivity index (χ3v) is 5.25. The van der Waals surface area contributed by atoms with Gasteiger partial charge in [-0.25, -0.2) is 17.9 Å². The normalized spacial score (nSPS) is 11.4. The Kier molecular flexibility index (Phi) is 4.87. The predicted molar refractivity (Wildman–Crippen MR) is 88.1 cm³/mol. The Labute approximate surface area is 136 Å². The minimum Gasteiger partial charge on any atom is -0.478 e. The maximum atomic E-state index is 12.5. The second-order valence-electron chi connectivity index (χ2n) is 5.55. The van der Waals surface area contributed by atoms with Crippen LogP contribution in [0.25, 0.3) is 0 Å². The Morgan fingerprint density at radius 2 is 1.57 bits per heavy atom. The predicted octanol–water partition coefficient (Wildman–Crippen LogP) is 2.79. The third-order valence-electron chi connectivity index (χ3n) is 3.54. The second kappa shape index (κ2) is 6.52. The molecule has 0 aliphatic carbocycles. The van der Waals surface area contributed by atoms with Crippen LogP contribution < -0.4 is 4.72 Å². The first-order valence-electron chi connectivity index (χ1n) is 7.10. The van der Waals surface area contributed by atoms with Gasteiger partial charge < -0.3 is 5.11 Å². The van der Waals surface area contributed by atoms with Gasteiger partial charge in [0.1, 0.15) is 0 Å². The molecule has 0 amide bonds. The molecule has 0 spiro atoms. The molecule has 0 unspecified atom stereocenters. The summed E-state index contributed by atoms with van der Waals surface area (Å²) in [5, 5.41) is 8.86. The maximum absolute atomic E-state index is 12.5. The molecule has 0 aliphatic rings. The molecular formula is C17H19NO4S. The molecule has 0 fully saturated rings. The van der Waals surface area contributed by atoms with Crippen LogP contribution in [0.1, 0.15) is 32.6 Å². The highest BCUT2D eigenvalue weighted by Gasteiger charge is 2.19. The molecular weight excluding hydrogens is 314 g/mol. The van der Waals surface area contributed by atoms with E-state index in [1.54, 1.807) is 26.0 Å². The number of carboxylic acids is 1. The van der Waals surface area contributed by atoms with E-state index in [0.29, 0.717) is 21.6 Å². The standard InChI is InChI=1S/C17H19NO4S/c1-11-8-12(2)16(13(3)9-11)23(21,22)18-10-14-4-6-15(7-5-14)17(19)20/h4-9,18H,10H2,1-3H3,(H,19,20). The lowest BCUT2D eigenvalue weighted by atomic mass is 10.1. The van der Waals surface area contributed by atoms with Crippen molar-refractivity contribution in [3.63, 3.8) is 0 Å². The van der Waals surface area contributed by atoms with Crippen molar-refractivity contribution in [1.29, 1.82) is 0 Å². The van der Waals surface area contributed by atoms with Crippen LogP contribution in [0.4, 0.5) is 0 Å². The van der Waals surface area contributed by atoms with Crippen LogP contribution >= 0.6 is 0 Å². The van der Waals surface area contributed by atoms with Gasteiger partial charge >= 0.3 is 5.97 Å². The highest BCUT2D eigenvalue weighted by atomic mass is 32.2. The van der Waals surface area contributed by atoms with Gasteiger partial charge in [-0.05, 0) is 49.6 Å². The highest BCUT2D eigenvalue weighted by molar-refractivity contribution is 7.89. The summed E-state index contributed by atoms with van der Waals surface area (Å²) in [4.78, 5) is 11.1. The SMILES string of the molecule is Cc1cc(C)c(S(=O)(=O)NCc2ccc(C(=O)O)cc2)c(C)c1. The van der Waals surface area contributed by atoms with Crippen LogP contribution in [0.15, 0.2) is 41.3 Å². The second-order valence-corrected chi connectivity index (χ2v) is 7.26. The fourth-order valence-corrected chi connectivity index (χ4v) is 4.07. The number of rotatable bonds is 5. The van der Waals surface area contributed by atoms with E-state index < -0.39 is 16.0 Å². The van der Waals surface area contributed by atoms with Gasteiger partial charge in [-0.15, -0.1) is 0 Å². The molecule has 0 saturated carbocycles. The van der Waals surface area contributed by atoms with Gasteiger partial charge in [0, 0.05) is 6.54 Å². The van der Waals surface area contributed by atoms with Crippen molar-refractivity contribution < 1.29 is 18.3 Å². The van der Waals surface area contributed by atoms with Gasteiger partial charge in [-0.3, -0.25) is 0 Å². The number of nitrogens with one attached hydrogen (secondary N) is 1. The first-order chi connectivity index (χ1) is 10.7. The van der Waals surface area contributed by atoms with E-state index in [2.05, 4.69) is 4.72 Å². The quantitative estimate of drug-likeness (QED) is 0.881. The van der Waals surface area contributed by atoms with Gasteiger partial charge in [-0.2, -0.15) is 0 Å². The minimum absolute atomic E-state index is 0.106. The van der Waals surface area contributed by atoms with Gasteiger partial charge in [0.15, 0.2) is 0 Å². The molecule has 0 heterocycles. The van der Waals surface area contributed by atoms with Crippen molar-refractivity contribution in [2.45, 2.75) is 32.2 Å². The summed E-state index contributed by atoms with van der Waals surface area (Å²) < 4.78 is 27.6. The third kappa shape index (κ3) is 3.97. The lowest BCUT2D eigenvalue weighted by Crippen LogP contribution is -2.25. The largest absolute Gasteiger partial charge is 0.478 e. The van der Waals surface area contributed by atoms with Crippen LogP contribution in [0.3, 0.4) is 0 Å². The molecule has 23 heavy (non-hydrogen) atoms. The van der Waals surface area contributed by atoms with Crippen LogP contribution in [0.5, 0.6) is 0 Å². The summed E-state index contributed by atoms with van der Waals surface area (Å²) >= 11 is 0. The summed E-state index contributed by atoms with van der Waals surface area (Å²) in [6.07, 6.45) is 0. The molecule has 6 heteroatoms. The van der Waals surface area contributed by atoms with E-state index in [4.69, 9.17) is 5.11 Å². The topological polar surface area (TPSA) is 83.5 Å². The number of hydrogen-bond donors (Lipinski definition) is 2. The van der Waals surface area contributed by atoms with Crippen molar-refractivity contribution in [1.82, 2.24) is 4.72 Å². The van der Waals surface area contributed by atoms with Crippen LogP contribution in [-0.2, 0) is 16.6 Å². The van der Waals surface area contributed by atoms with Crippen molar-refractivity contribution in [2.24, 2.45) is 0 Å². The van der Waals surface area contributed by atoms with Gasteiger partial charge in [0.2, 0.25) is 10.0 Å². The zero-order valence-corrected chi connectivity index (χ0v) is 14.1. The Morgan fingerprint density at radius 1 is 1.04 bits per heavy atom. The molecule has 2 aromatic carbocycles. The first kappa shape index (κ1) is 17.2. The zero-order chi connectivity index (χ0) is 17.2. The average molecular weight is 333 g/mol. The van der Waals surface area contributed by atoms with E-state index >= 15 is 0 Å². The number of hydrogen-bond acceptors (Lipinski definition) is 3. The van der Waals surface area contributed by atoms with E-state index in [-0.39, 0.29) is 12.1 Å². The van der Waals surface area contributed by atoms with E-state index in [1.165, 1.54) is 12.1 Å². The summed E-state index contributed by atoms with van der Waals surface area (Å²) in [6.45, 7) is 5.58. The lowest BCUT2D eigenvalue weighted by Gasteiger charge is -2.13. The molecule has 2 N–H and O–H groups in total. The highest BCUT2D eigenvalue weighted by Crippen LogP contribution is 2.21. The number of benzene rings is 2. The molecule has 2 aromatic rings. The monoisotopic (exact) mass is 333 g/mol. The molecule has 0 aromatic heterocycles. The molecule has 0 saturated heterocycles. The molecule has 2 rings (SSSR count). The Bertz CT molecular complexity index is 816. The molecule has 122 valence electrons. The first-order valence-corrected chi connectivity index (χ1v) is 8.59. The fourth-order valence-electron chi connectivity index (χ4n) is 2.61. The van der Waals surface area contributed by atoms with E-state index in [0.717, 1.165) is 5.56 Å². The van der Waals surface area contributed by atoms with Crippen molar-refractivity contribution in [3.8, 4) is 0 Å². The van der Waals surface area contributed by atoms with Gasteiger partial charge in [-0.1, -0.05) is 29.8 Å². The average Bonchev–Trinajstić information content (AvgIpc) is 2.44.